The van der Waals surface area contributed by atoms with Gasteiger partial charge in [0.15, 0.2) is 5.82 Å². The lowest BCUT2D eigenvalue weighted by atomic mass is 9.95. The van der Waals surface area contributed by atoms with Crippen LogP contribution < -0.4 is 10.6 Å². The van der Waals surface area contributed by atoms with E-state index in [1.165, 1.54) is 12.3 Å². The lowest BCUT2D eigenvalue weighted by Crippen LogP contribution is -2.44. The number of carbonyl (C=O) groups is 1. The van der Waals surface area contributed by atoms with Crippen LogP contribution in [0.5, 0.6) is 0 Å². The minimum absolute atomic E-state index is 0.170. The van der Waals surface area contributed by atoms with Crippen LogP contribution in [0.3, 0.4) is 0 Å². The van der Waals surface area contributed by atoms with Crippen molar-refractivity contribution in [2.75, 3.05) is 5.32 Å². The third kappa shape index (κ3) is 4.71. The number of anilines is 2. The molecule has 0 aromatic carbocycles. The quantitative estimate of drug-likeness (QED) is 0.561. The lowest BCUT2D eigenvalue weighted by molar-refractivity contribution is -0.0213. The van der Waals surface area contributed by atoms with Crippen molar-refractivity contribution in [3.8, 4) is 0 Å². The van der Waals surface area contributed by atoms with E-state index in [1.54, 1.807) is 6.07 Å². The number of nitrogens with zero attached hydrogens (tertiary/aromatic N) is 2. The highest BCUT2D eigenvalue weighted by atomic mass is 19.3. The molecule has 0 unspecified atom stereocenters. The summed E-state index contributed by atoms with van der Waals surface area (Å²) in [6.45, 7) is 3.63. The normalized spacial score (nSPS) is 25.9. The number of H-pyrrole nitrogens is 1. The molecule has 2 aromatic heterocycles. The predicted octanol–water partition coefficient (Wildman–Crippen LogP) is 4.96. The Balaban J connectivity index is 1.60. The Morgan fingerprint density at radius 2 is 2.03 bits per heavy atom. The van der Waals surface area contributed by atoms with Gasteiger partial charge in [-0.2, -0.15) is 13.9 Å². The molecule has 0 spiro atoms. The third-order valence-electron chi connectivity index (χ3n) is 5.84. The monoisotopic (exact) mass is 419 g/mol. The van der Waals surface area contributed by atoms with Crippen LogP contribution in [0.2, 0.25) is 0 Å². The summed E-state index contributed by atoms with van der Waals surface area (Å²) < 4.78 is 35.1. The number of amides is 1. The maximum Gasteiger partial charge on any atom is 0.407 e. The van der Waals surface area contributed by atoms with Crippen molar-refractivity contribution in [3.63, 3.8) is 0 Å². The SMILES string of the molecule is CC1(C)CCCC(F)(F)c2cc(ccn2)Nc2cc([nH]n2)[C@H]2CC[C@H](C2)OC(=O)N1. The van der Waals surface area contributed by atoms with Gasteiger partial charge >= 0.3 is 6.09 Å². The molecule has 1 amide bonds. The van der Waals surface area contributed by atoms with Gasteiger partial charge in [-0.15, -0.1) is 0 Å². The summed E-state index contributed by atoms with van der Waals surface area (Å²) >= 11 is 0. The summed E-state index contributed by atoms with van der Waals surface area (Å²) in [4.78, 5) is 16.2. The number of alkyl carbamates (subject to hydrolysis) is 1. The number of ether oxygens (including phenoxy) is 1. The number of alkyl halides is 2. The molecule has 2 aliphatic rings. The van der Waals surface area contributed by atoms with Gasteiger partial charge in [-0.05, 0) is 58.1 Å². The Bertz CT molecular complexity index is 914. The van der Waals surface area contributed by atoms with Crippen LogP contribution in [0.25, 0.3) is 0 Å². The zero-order valence-corrected chi connectivity index (χ0v) is 17.2. The molecule has 2 atom stereocenters. The zero-order valence-electron chi connectivity index (χ0n) is 17.2. The number of carbonyl (C=O) groups excluding carboxylic acids is 1. The number of aromatic amines is 1. The van der Waals surface area contributed by atoms with E-state index in [-0.39, 0.29) is 30.6 Å². The molecular formula is C21H27F2N5O2. The summed E-state index contributed by atoms with van der Waals surface area (Å²) in [5, 5.41) is 13.2. The van der Waals surface area contributed by atoms with Gasteiger partial charge in [-0.1, -0.05) is 0 Å². The molecule has 1 saturated carbocycles. The van der Waals surface area contributed by atoms with E-state index >= 15 is 0 Å². The van der Waals surface area contributed by atoms with Gasteiger partial charge in [-0.25, -0.2) is 4.79 Å². The first-order chi connectivity index (χ1) is 14.2. The third-order valence-corrected chi connectivity index (χ3v) is 5.84. The first kappa shape index (κ1) is 20.6. The minimum Gasteiger partial charge on any atom is -0.446 e. The number of nitrogens with one attached hydrogen (secondary N) is 3. The summed E-state index contributed by atoms with van der Waals surface area (Å²) in [5.74, 6) is -2.32. The van der Waals surface area contributed by atoms with E-state index < -0.39 is 17.6 Å². The molecule has 162 valence electrons. The molecule has 7 nitrogen and oxygen atoms in total. The number of fused-ring (bicyclic) bond motifs is 7. The Kier molecular flexibility index (Phi) is 5.38. The number of rotatable bonds is 0. The van der Waals surface area contributed by atoms with Gasteiger partial charge < -0.3 is 15.4 Å². The maximum atomic E-state index is 14.7. The molecule has 3 heterocycles. The smallest absolute Gasteiger partial charge is 0.407 e. The van der Waals surface area contributed by atoms with E-state index in [9.17, 15) is 13.6 Å². The zero-order chi connectivity index (χ0) is 21.4. The van der Waals surface area contributed by atoms with Crippen molar-refractivity contribution in [1.82, 2.24) is 20.5 Å². The van der Waals surface area contributed by atoms with E-state index in [0.717, 1.165) is 25.0 Å². The van der Waals surface area contributed by atoms with Crippen molar-refractivity contribution in [2.45, 2.75) is 75.9 Å². The number of hydrogen-bond acceptors (Lipinski definition) is 5. The number of aromatic nitrogens is 3. The molecule has 0 saturated heterocycles. The minimum atomic E-state index is -3.07. The van der Waals surface area contributed by atoms with Crippen molar-refractivity contribution in [2.24, 2.45) is 0 Å². The van der Waals surface area contributed by atoms with Gasteiger partial charge in [-0.3, -0.25) is 10.1 Å². The van der Waals surface area contributed by atoms with Gasteiger partial charge in [0, 0.05) is 41.5 Å². The molecule has 30 heavy (non-hydrogen) atoms. The van der Waals surface area contributed by atoms with Crippen LogP contribution in [-0.2, 0) is 10.7 Å². The average Bonchev–Trinajstić information content (AvgIpc) is 3.30. The summed E-state index contributed by atoms with van der Waals surface area (Å²) in [6, 6.07) is 4.88. The molecule has 4 rings (SSSR count). The van der Waals surface area contributed by atoms with E-state index in [4.69, 9.17) is 4.74 Å². The number of hydrogen-bond donors (Lipinski definition) is 3. The van der Waals surface area contributed by atoms with E-state index in [2.05, 4.69) is 25.8 Å². The Hall–Kier alpha value is -2.71. The standard InChI is InChI=1S/C21H27F2N5O2/c1-20(2)7-3-8-21(22,23)17-11-14(6-9-24-17)25-18-12-16(27-28-18)13-4-5-15(10-13)30-19(29)26-20/h6,9,11-13,15H,3-5,7-8,10H2,1-2H3,(H,26,29)(H2,25,27,28)/t13-,15+/m0/s1. The molecule has 0 radical (unpaired) electrons. The highest BCUT2D eigenvalue weighted by Crippen LogP contribution is 2.37. The van der Waals surface area contributed by atoms with Crippen LogP contribution in [0.15, 0.2) is 24.4 Å². The fourth-order valence-electron chi connectivity index (χ4n) is 4.20. The fourth-order valence-corrected chi connectivity index (χ4v) is 4.20. The number of halogens is 2. The van der Waals surface area contributed by atoms with E-state index in [0.29, 0.717) is 17.9 Å². The van der Waals surface area contributed by atoms with Gasteiger partial charge in [0.2, 0.25) is 0 Å². The molecular weight excluding hydrogens is 392 g/mol. The molecule has 1 aliphatic carbocycles. The van der Waals surface area contributed by atoms with Crippen molar-refractivity contribution >= 4 is 17.6 Å². The van der Waals surface area contributed by atoms with Crippen LogP contribution in [0, 0.1) is 0 Å². The topological polar surface area (TPSA) is 91.9 Å². The number of pyridine rings is 1. The van der Waals surface area contributed by atoms with Gasteiger partial charge in [0.25, 0.3) is 5.92 Å². The second-order valence-electron chi connectivity index (χ2n) is 8.87. The fraction of sp³-hybridized carbons (Fsp3) is 0.571. The Morgan fingerprint density at radius 1 is 1.20 bits per heavy atom. The summed E-state index contributed by atoms with van der Waals surface area (Å²) in [7, 11) is 0. The molecule has 3 N–H and O–H groups in total. The van der Waals surface area contributed by atoms with Gasteiger partial charge in [0.1, 0.15) is 11.8 Å². The molecule has 6 bridgehead atoms. The summed E-state index contributed by atoms with van der Waals surface area (Å²) in [5.41, 5.74) is 0.517. The maximum absolute atomic E-state index is 14.7. The predicted molar refractivity (Wildman–Crippen MR) is 108 cm³/mol. The van der Waals surface area contributed by atoms with E-state index in [1.807, 2.05) is 19.9 Å². The molecule has 2 aromatic rings. The second kappa shape index (κ2) is 7.85. The largest absolute Gasteiger partial charge is 0.446 e. The second-order valence-corrected chi connectivity index (χ2v) is 8.87. The van der Waals surface area contributed by atoms with Crippen LogP contribution in [0.4, 0.5) is 25.1 Å². The Labute approximate surface area is 174 Å². The molecule has 1 aliphatic heterocycles. The van der Waals surface area contributed by atoms with Gasteiger partial charge in [0.05, 0.1) is 0 Å². The molecule has 9 heteroatoms. The average molecular weight is 419 g/mol. The van der Waals surface area contributed by atoms with Crippen LogP contribution in [0.1, 0.15) is 69.7 Å². The highest BCUT2D eigenvalue weighted by Gasteiger charge is 2.35. The summed E-state index contributed by atoms with van der Waals surface area (Å²) in [6.07, 6.45) is 3.36. The lowest BCUT2D eigenvalue weighted by Gasteiger charge is -2.27. The van der Waals surface area contributed by atoms with Crippen molar-refractivity contribution < 1.29 is 18.3 Å². The molecule has 1 fully saturated rings. The van der Waals surface area contributed by atoms with Crippen LogP contribution >= 0.6 is 0 Å². The Morgan fingerprint density at radius 3 is 2.87 bits per heavy atom. The first-order valence-electron chi connectivity index (χ1n) is 10.4. The first-order valence-corrected chi connectivity index (χ1v) is 10.4. The van der Waals surface area contributed by atoms with Crippen LogP contribution in [-0.4, -0.2) is 32.9 Å². The van der Waals surface area contributed by atoms with Crippen molar-refractivity contribution in [3.05, 3.63) is 35.8 Å². The highest BCUT2D eigenvalue weighted by molar-refractivity contribution is 5.68. The van der Waals surface area contributed by atoms with Crippen molar-refractivity contribution in [1.29, 1.82) is 0 Å².